The third-order valence-electron chi connectivity index (χ3n) is 10.6. The monoisotopic (exact) mass is 708 g/mol. The molecule has 49 heavy (non-hydrogen) atoms. The Balaban J connectivity index is 1.32. The van der Waals surface area contributed by atoms with Crippen LogP contribution in [0.15, 0.2) is 71.1 Å². The van der Waals surface area contributed by atoms with Crippen LogP contribution in [-0.2, 0) is 23.9 Å². The van der Waals surface area contributed by atoms with Crippen molar-refractivity contribution in [2.24, 2.45) is 0 Å². The van der Waals surface area contributed by atoms with Crippen molar-refractivity contribution < 1.29 is 28.7 Å². The molecule has 4 aliphatic heterocycles. The van der Waals surface area contributed by atoms with Gasteiger partial charge in [0.1, 0.15) is 0 Å². The molecule has 4 heterocycles. The molecule has 3 atom stereocenters. The fourth-order valence-corrected chi connectivity index (χ4v) is 8.65. The number of hydrogen-bond acceptors (Lipinski definition) is 9. The van der Waals surface area contributed by atoms with Gasteiger partial charge in [-0.2, -0.15) is 0 Å². The Morgan fingerprint density at radius 1 is 0.755 bits per heavy atom. The maximum absolute atomic E-state index is 14.0. The van der Waals surface area contributed by atoms with Crippen LogP contribution in [0, 0.1) is 0 Å². The van der Waals surface area contributed by atoms with Crippen LogP contribution >= 0.6 is 23.2 Å². The maximum Gasteiger partial charge on any atom is 0.336 e. The van der Waals surface area contributed by atoms with Crippen molar-refractivity contribution in [3.8, 4) is 0 Å². The molecule has 1 N–H and O–H groups in total. The largest absolute Gasteiger partial charge is 0.466 e. The summed E-state index contributed by atoms with van der Waals surface area (Å²) in [5.41, 5.74) is 1.10. The molecule has 4 aliphatic rings. The van der Waals surface area contributed by atoms with Crippen molar-refractivity contribution in [1.82, 2.24) is 20.0 Å². The molecule has 0 saturated carbocycles. The second kappa shape index (κ2) is 15.0. The average Bonchev–Trinajstić information content (AvgIpc) is 3.29. The molecule has 6 rings (SSSR count). The number of carbonyl (C=O) groups excluding carboxylic acids is 4. The number of ketones is 1. The van der Waals surface area contributed by atoms with Gasteiger partial charge in [-0.15, -0.1) is 0 Å². The van der Waals surface area contributed by atoms with E-state index in [0.29, 0.717) is 36.8 Å². The van der Waals surface area contributed by atoms with Crippen molar-refractivity contribution in [3.63, 3.8) is 0 Å². The predicted octanol–water partition coefficient (Wildman–Crippen LogP) is 4.97. The highest BCUT2D eigenvalue weighted by Crippen LogP contribution is 2.46. The van der Waals surface area contributed by atoms with Gasteiger partial charge in [0.15, 0.2) is 5.78 Å². The van der Waals surface area contributed by atoms with Crippen LogP contribution in [0.4, 0.5) is 0 Å². The standard InChI is InChI=1S/C37H42Cl2N4O6/c1-41-23-12-13-24(41)19-25(18-23)42-14-16-43(17-15-42)31(45)21-29-34(37(47)49-3)35(32-26(38)10-7-11-27(32)39)33(36(46)48-2)28(40-29)20-30(44)22-8-5-4-6-9-22/h4-11,23-25,35,40H,12-21H2,1-3H3. The number of ether oxygens (including phenoxy) is 2. The van der Waals surface area contributed by atoms with Gasteiger partial charge in [0.2, 0.25) is 5.91 Å². The summed E-state index contributed by atoms with van der Waals surface area (Å²) in [6.07, 6.45) is 4.39. The SMILES string of the molecule is COC(=O)C1=C(CC(=O)c2ccccc2)NC(CC(=O)N2CCN(C3CC4CCC(C3)N4C)CC2)=C(C(=O)OC)C1c1c(Cl)cccc1Cl. The number of allylic oxidation sites excluding steroid dienone is 1. The normalized spacial score (nSPS) is 24.5. The number of nitrogens with one attached hydrogen (secondary N) is 1. The van der Waals surface area contributed by atoms with Crippen molar-refractivity contribution in [1.29, 1.82) is 0 Å². The summed E-state index contributed by atoms with van der Waals surface area (Å²) in [7, 11) is 4.68. The molecule has 3 fully saturated rings. The highest BCUT2D eigenvalue weighted by atomic mass is 35.5. The molecule has 260 valence electrons. The molecule has 2 aromatic carbocycles. The zero-order chi connectivity index (χ0) is 34.8. The molecule has 0 aromatic heterocycles. The Morgan fingerprint density at radius 3 is 1.86 bits per heavy atom. The number of piperidine rings is 1. The Kier molecular flexibility index (Phi) is 10.8. The summed E-state index contributed by atoms with van der Waals surface area (Å²) in [4.78, 5) is 61.7. The van der Waals surface area contributed by atoms with Gasteiger partial charge in [0, 0.05) is 76.9 Å². The molecule has 2 aromatic rings. The number of benzene rings is 2. The number of methoxy groups -OCH3 is 2. The number of Topliss-reactive ketones (excluding diaryl/α,β-unsaturated/α-hetero) is 1. The van der Waals surface area contributed by atoms with E-state index in [1.165, 1.54) is 27.1 Å². The molecule has 0 radical (unpaired) electrons. The van der Waals surface area contributed by atoms with Crippen molar-refractivity contribution in [2.45, 2.75) is 62.6 Å². The van der Waals surface area contributed by atoms with Crippen LogP contribution in [0.1, 0.15) is 60.4 Å². The quantitative estimate of drug-likeness (QED) is 0.286. The molecule has 10 nitrogen and oxygen atoms in total. The molecule has 2 bridgehead atoms. The zero-order valence-electron chi connectivity index (χ0n) is 28.0. The van der Waals surface area contributed by atoms with Crippen LogP contribution in [0.5, 0.6) is 0 Å². The molecule has 0 spiro atoms. The lowest BCUT2D eigenvalue weighted by Crippen LogP contribution is -2.56. The molecule has 3 unspecified atom stereocenters. The summed E-state index contributed by atoms with van der Waals surface area (Å²) in [6.45, 7) is 2.67. The van der Waals surface area contributed by atoms with E-state index >= 15 is 0 Å². The number of nitrogens with zero attached hydrogens (tertiary/aromatic N) is 3. The first kappa shape index (κ1) is 35.1. The highest BCUT2D eigenvalue weighted by Gasteiger charge is 2.44. The minimum Gasteiger partial charge on any atom is -0.466 e. The Hall–Kier alpha value is -3.70. The lowest BCUT2D eigenvalue weighted by atomic mass is 9.78. The smallest absolute Gasteiger partial charge is 0.336 e. The van der Waals surface area contributed by atoms with Crippen molar-refractivity contribution in [2.75, 3.05) is 47.4 Å². The lowest BCUT2D eigenvalue weighted by molar-refractivity contribution is -0.137. The Labute approximate surface area is 297 Å². The third kappa shape index (κ3) is 7.15. The van der Waals surface area contributed by atoms with Crippen molar-refractivity contribution in [3.05, 3.63) is 92.2 Å². The summed E-state index contributed by atoms with van der Waals surface area (Å²) >= 11 is 13.4. The van der Waals surface area contributed by atoms with E-state index in [0.717, 1.165) is 25.9 Å². The van der Waals surface area contributed by atoms with Gasteiger partial charge in [0.05, 0.1) is 44.1 Å². The topological polar surface area (TPSA) is 108 Å². The van der Waals surface area contributed by atoms with E-state index in [1.54, 1.807) is 48.5 Å². The van der Waals surface area contributed by atoms with Gasteiger partial charge in [0.25, 0.3) is 0 Å². The second-order valence-electron chi connectivity index (χ2n) is 13.2. The Morgan fingerprint density at radius 2 is 1.31 bits per heavy atom. The number of fused-ring (bicyclic) bond motifs is 2. The fraction of sp³-hybridized carbons (Fsp3) is 0.459. The number of carbonyl (C=O) groups is 4. The van der Waals surface area contributed by atoms with Gasteiger partial charge < -0.3 is 24.6 Å². The van der Waals surface area contributed by atoms with E-state index in [1.807, 2.05) is 4.90 Å². The van der Waals surface area contributed by atoms with Crippen molar-refractivity contribution >= 4 is 46.8 Å². The first-order valence-electron chi connectivity index (χ1n) is 16.8. The van der Waals surface area contributed by atoms with Gasteiger partial charge in [-0.3, -0.25) is 14.5 Å². The molecular weight excluding hydrogens is 667 g/mol. The molecule has 1 amide bonds. The molecule has 3 saturated heterocycles. The maximum atomic E-state index is 14.0. The summed E-state index contributed by atoms with van der Waals surface area (Å²) in [6, 6.07) is 15.3. The second-order valence-corrected chi connectivity index (χ2v) is 14.0. The minimum atomic E-state index is -1.18. The summed E-state index contributed by atoms with van der Waals surface area (Å²) in [5, 5.41) is 3.55. The van der Waals surface area contributed by atoms with Gasteiger partial charge in [-0.25, -0.2) is 9.59 Å². The van der Waals surface area contributed by atoms with Gasteiger partial charge in [-0.05, 0) is 44.9 Å². The van der Waals surface area contributed by atoms with Crippen LogP contribution in [0.25, 0.3) is 0 Å². The first-order valence-corrected chi connectivity index (χ1v) is 17.5. The number of hydrogen-bond donors (Lipinski definition) is 1. The minimum absolute atomic E-state index is 0.00240. The Bertz CT molecular complexity index is 1650. The molecule has 0 aliphatic carbocycles. The van der Waals surface area contributed by atoms with Crippen LogP contribution in [0.2, 0.25) is 10.0 Å². The number of dihydropyridines is 1. The average molecular weight is 710 g/mol. The molecule has 12 heteroatoms. The predicted molar refractivity (Wildman–Crippen MR) is 186 cm³/mol. The zero-order valence-corrected chi connectivity index (χ0v) is 29.6. The third-order valence-corrected chi connectivity index (χ3v) is 11.3. The van der Waals surface area contributed by atoms with Crippen LogP contribution in [0.3, 0.4) is 0 Å². The molecular formula is C37H42Cl2N4O6. The first-order chi connectivity index (χ1) is 23.6. The van der Waals surface area contributed by atoms with Crippen LogP contribution < -0.4 is 5.32 Å². The number of piperazine rings is 1. The number of halogens is 2. The highest BCUT2D eigenvalue weighted by molar-refractivity contribution is 6.36. The number of esters is 2. The van der Waals surface area contributed by atoms with E-state index in [9.17, 15) is 19.2 Å². The van der Waals surface area contributed by atoms with Gasteiger partial charge in [-0.1, -0.05) is 59.6 Å². The van der Waals surface area contributed by atoms with Gasteiger partial charge >= 0.3 is 11.9 Å². The fourth-order valence-electron chi connectivity index (χ4n) is 8.03. The van der Waals surface area contributed by atoms with Crippen LogP contribution in [-0.4, -0.2) is 104 Å². The van der Waals surface area contributed by atoms with E-state index < -0.39 is 17.9 Å². The van der Waals surface area contributed by atoms with E-state index in [-0.39, 0.29) is 62.7 Å². The lowest BCUT2D eigenvalue weighted by Gasteiger charge is -2.45. The van der Waals surface area contributed by atoms with E-state index in [4.69, 9.17) is 32.7 Å². The number of amides is 1. The summed E-state index contributed by atoms with van der Waals surface area (Å²) in [5.74, 6) is -3.20. The van der Waals surface area contributed by atoms with E-state index in [2.05, 4.69) is 22.2 Å². The number of rotatable bonds is 9. The summed E-state index contributed by atoms with van der Waals surface area (Å²) < 4.78 is 10.4.